The Morgan fingerprint density at radius 1 is 1.26 bits per heavy atom. The molecule has 27 heavy (non-hydrogen) atoms. The Kier molecular flexibility index (Phi) is 4.11. The number of halogens is 3. The molecule has 2 N–H and O–H groups in total. The number of para-hydroxylation sites is 1. The summed E-state index contributed by atoms with van der Waals surface area (Å²) in [5, 5.41) is 0.442. The van der Waals surface area contributed by atoms with Gasteiger partial charge in [-0.1, -0.05) is 12.1 Å². The highest BCUT2D eigenvalue weighted by molar-refractivity contribution is 5.78. The van der Waals surface area contributed by atoms with E-state index in [2.05, 4.69) is 9.97 Å². The highest BCUT2D eigenvalue weighted by atomic mass is 19.4. The monoisotopic (exact) mass is 376 g/mol. The van der Waals surface area contributed by atoms with Gasteiger partial charge in [-0.05, 0) is 12.1 Å². The van der Waals surface area contributed by atoms with Crippen LogP contribution in [0.4, 0.5) is 19.1 Å². The van der Waals surface area contributed by atoms with Crippen molar-refractivity contribution in [2.45, 2.75) is 25.7 Å². The van der Waals surface area contributed by atoms with Crippen LogP contribution in [0.25, 0.3) is 11.0 Å². The van der Waals surface area contributed by atoms with Gasteiger partial charge in [0.05, 0.1) is 16.6 Å². The van der Waals surface area contributed by atoms with E-state index in [1.54, 1.807) is 24.3 Å². The van der Waals surface area contributed by atoms with Gasteiger partial charge in [-0.15, -0.1) is 0 Å². The molecule has 140 valence electrons. The molecule has 0 saturated carbocycles. The summed E-state index contributed by atoms with van der Waals surface area (Å²) in [7, 11) is 0. The Hall–Kier alpha value is -2.94. The SMILES string of the molecule is Nc1oc2ccccc2c(=O)c1CN1CCc2nc(C(F)(F)F)ncc2C1. The average Bonchev–Trinajstić information content (AvgIpc) is 2.64. The maximum Gasteiger partial charge on any atom is 0.451 e. The topological polar surface area (TPSA) is 85.2 Å². The second kappa shape index (κ2) is 6.34. The number of hydrogen-bond donors (Lipinski definition) is 1. The van der Waals surface area contributed by atoms with Crippen LogP contribution in [0, 0.1) is 0 Å². The minimum Gasteiger partial charge on any atom is -0.440 e. The third kappa shape index (κ3) is 3.25. The van der Waals surface area contributed by atoms with Gasteiger partial charge < -0.3 is 10.2 Å². The van der Waals surface area contributed by atoms with E-state index in [4.69, 9.17) is 10.2 Å². The molecule has 0 saturated heterocycles. The number of nitrogens with two attached hydrogens (primary N) is 1. The molecule has 0 unspecified atom stereocenters. The van der Waals surface area contributed by atoms with Crippen LogP contribution in [0.2, 0.25) is 0 Å². The normalized spacial score (nSPS) is 15.1. The molecule has 0 amide bonds. The first-order valence-corrected chi connectivity index (χ1v) is 8.27. The average molecular weight is 376 g/mol. The van der Waals surface area contributed by atoms with Gasteiger partial charge in [-0.2, -0.15) is 13.2 Å². The number of rotatable bonds is 2. The zero-order valence-electron chi connectivity index (χ0n) is 14.1. The Labute approximate surface area is 151 Å². The minimum atomic E-state index is -4.56. The first-order valence-electron chi connectivity index (χ1n) is 8.27. The highest BCUT2D eigenvalue weighted by Crippen LogP contribution is 2.28. The van der Waals surface area contributed by atoms with Gasteiger partial charge in [0.2, 0.25) is 5.82 Å². The predicted molar refractivity (Wildman–Crippen MR) is 91.7 cm³/mol. The predicted octanol–water partition coefficient (Wildman–Crippen LogP) is 2.74. The van der Waals surface area contributed by atoms with Gasteiger partial charge in [0, 0.05) is 37.8 Å². The van der Waals surface area contributed by atoms with E-state index < -0.39 is 12.0 Å². The number of aromatic nitrogens is 2. The van der Waals surface area contributed by atoms with E-state index in [1.807, 2.05) is 4.90 Å². The summed E-state index contributed by atoms with van der Waals surface area (Å²) in [5.41, 5.74) is 7.47. The Morgan fingerprint density at radius 3 is 2.81 bits per heavy atom. The summed E-state index contributed by atoms with van der Waals surface area (Å²) >= 11 is 0. The van der Waals surface area contributed by atoms with E-state index in [-0.39, 0.29) is 17.9 Å². The first-order chi connectivity index (χ1) is 12.8. The summed E-state index contributed by atoms with van der Waals surface area (Å²) in [4.78, 5) is 21.7. The van der Waals surface area contributed by atoms with Crippen molar-refractivity contribution in [1.29, 1.82) is 0 Å². The van der Waals surface area contributed by atoms with Crippen molar-refractivity contribution < 1.29 is 17.6 Å². The van der Waals surface area contributed by atoms with Gasteiger partial charge in [-0.25, -0.2) is 9.97 Å². The molecular formula is C18H15F3N4O2. The number of anilines is 1. The lowest BCUT2D eigenvalue weighted by Gasteiger charge is -2.28. The van der Waals surface area contributed by atoms with Gasteiger partial charge in [-0.3, -0.25) is 9.69 Å². The molecule has 0 spiro atoms. The maximum atomic E-state index is 12.7. The van der Waals surface area contributed by atoms with Crippen molar-refractivity contribution in [3.8, 4) is 0 Å². The molecule has 6 nitrogen and oxygen atoms in total. The highest BCUT2D eigenvalue weighted by Gasteiger charge is 2.35. The van der Waals surface area contributed by atoms with Gasteiger partial charge >= 0.3 is 6.18 Å². The molecule has 0 radical (unpaired) electrons. The number of fused-ring (bicyclic) bond motifs is 2. The summed E-state index contributed by atoms with van der Waals surface area (Å²) < 4.78 is 43.8. The van der Waals surface area contributed by atoms with E-state index in [1.165, 1.54) is 6.20 Å². The molecule has 0 atom stereocenters. The van der Waals surface area contributed by atoms with Crippen LogP contribution in [0.15, 0.2) is 39.7 Å². The van der Waals surface area contributed by atoms with E-state index in [0.29, 0.717) is 47.3 Å². The molecule has 0 bridgehead atoms. The van der Waals surface area contributed by atoms with Crippen LogP contribution in [-0.4, -0.2) is 21.4 Å². The number of nitrogen functional groups attached to an aromatic ring is 1. The molecule has 0 fully saturated rings. The molecule has 1 aliphatic rings. The minimum absolute atomic E-state index is 0.0492. The summed E-state index contributed by atoms with van der Waals surface area (Å²) in [6.45, 7) is 1.02. The van der Waals surface area contributed by atoms with E-state index >= 15 is 0 Å². The first kappa shape index (κ1) is 17.5. The maximum absolute atomic E-state index is 12.7. The standard InChI is InChI=1S/C18H15F3N4O2/c19-18(20,21)17-23-7-10-8-25(6-5-13(10)24-17)9-12-15(26)11-3-1-2-4-14(11)27-16(12)22/h1-4,7H,5-6,8-9,22H2. The molecule has 9 heteroatoms. The van der Waals surface area contributed by atoms with Gasteiger partial charge in [0.25, 0.3) is 0 Å². The lowest BCUT2D eigenvalue weighted by Crippen LogP contribution is -2.33. The van der Waals surface area contributed by atoms with Crippen LogP contribution >= 0.6 is 0 Å². The van der Waals surface area contributed by atoms with Crippen molar-refractivity contribution in [2.24, 2.45) is 0 Å². The molecular weight excluding hydrogens is 361 g/mol. The molecule has 3 heterocycles. The fraction of sp³-hybridized carbons (Fsp3) is 0.278. The van der Waals surface area contributed by atoms with E-state index in [9.17, 15) is 18.0 Å². The summed E-state index contributed by atoms with van der Waals surface area (Å²) in [6.07, 6.45) is -3.03. The number of hydrogen-bond acceptors (Lipinski definition) is 6. The Bertz CT molecular complexity index is 1080. The summed E-state index contributed by atoms with van der Waals surface area (Å²) in [5.74, 6) is -1.08. The van der Waals surface area contributed by atoms with Crippen LogP contribution in [0.3, 0.4) is 0 Å². The Balaban J connectivity index is 1.61. The van der Waals surface area contributed by atoms with Crippen LogP contribution < -0.4 is 11.2 Å². The van der Waals surface area contributed by atoms with Crippen molar-refractivity contribution in [1.82, 2.24) is 14.9 Å². The summed E-state index contributed by atoms with van der Waals surface area (Å²) in [6, 6.07) is 6.83. The van der Waals surface area contributed by atoms with Crippen LogP contribution in [-0.2, 0) is 25.7 Å². The largest absolute Gasteiger partial charge is 0.451 e. The third-order valence-corrected chi connectivity index (χ3v) is 4.57. The number of alkyl halides is 3. The fourth-order valence-electron chi connectivity index (χ4n) is 3.22. The molecule has 1 aromatic carbocycles. The van der Waals surface area contributed by atoms with Crippen molar-refractivity contribution >= 4 is 16.9 Å². The Morgan fingerprint density at radius 2 is 2.04 bits per heavy atom. The van der Waals surface area contributed by atoms with Crippen molar-refractivity contribution in [3.05, 3.63) is 63.3 Å². The third-order valence-electron chi connectivity index (χ3n) is 4.57. The smallest absolute Gasteiger partial charge is 0.440 e. The molecule has 2 aromatic heterocycles. The zero-order valence-corrected chi connectivity index (χ0v) is 14.1. The fourth-order valence-corrected chi connectivity index (χ4v) is 3.22. The zero-order chi connectivity index (χ0) is 19.2. The lowest BCUT2D eigenvalue weighted by molar-refractivity contribution is -0.145. The number of nitrogens with zero attached hydrogens (tertiary/aromatic N) is 3. The van der Waals surface area contributed by atoms with Crippen LogP contribution in [0.5, 0.6) is 0 Å². The molecule has 1 aliphatic heterocycles. The number of benzene rings is 1. The second-order valence-electron chi connectivity index (χ2n) is 6.39. The van der Waals surface area contributed by atoms with E-state index in [0.717, 1.165) is 0 Å². The second-order valence-corrected chi connectivity index (χ2v) is 6.39. The molecule has 4 rings (SSSR count). The van der Waals surface area contributed by atoms with Gasteiger partial charge in [0.1, 0.15) is 5.58 Å². The van der Waals surface area contributed by atoms with Crippen molar-refractivity contribution in [3.63, 3.8) is 0 Å². The quantitative estimate of drug-likeness (QED) is 0.740. The van der Waals surface area contributed by atoms with Gasteiger partial charge in [0.15, 0.2) is 11.3 Å². The van der Waals surface area contributed by atoms with Crippen LogP contribution in [0.1, 0.15) is 22.6 Å². The van der Waals surface area contributed by atoms with Crippen molar-refractivity contribution in [2.75, 3.05) is 12.3 Å². The lowest BCUT2D eigenvalue weighted by atomic mass is 10.1. The molecule has 3 aromatic rings. The molecule has 0 aliphatic carbocycles.